The van der Waals surface area contributed by atoms with E-state index in [0.29, 0.717) is 0 Å². The Morgan fingerprint density at radius 1 is 1.47 bits per heavy atom. The molecule has 1 heteroatoms. The van der Waals surface area contributed by atoms with Crippen LogP contribution in [-0.4, -0.2) is 0 Å². The molecule has 0 aromatic rings. The third-order valence-electron chi connectivity index (χ3n) is 1.93. The van der Waals surface area contributed by atoms with Crippen molar-refractivity contribution in [3.05, 3.63) is 59.2 Å². The van der Waals surface area contributed by atoms with Crippen LogP contribution < -0.4 is 0 Å². The van der Waals surface area contributed by atoms with E-state index < -0.39 is 0 Å². The van der Waals surface area contributed by atoms with Crippen molar-refractivity contribution in [2.75, 3.05) is 0 Å². The summed E-state index contributed by atoms with van der Waals surface area (Å²) in [7, 11) is 0. The molecule has 0 aromatic heterocycles. The first-order valence-electron chi connectivity index (χ1n) is 5.29. The molecule has 0 aliphatic heterocycles. The van der Waals surface area contributed by atoms with Crippen LogP contribution >= 0.6 is 15.9 Å². The Morgan fingerprint density at radius 3 is 2.67 bits per heavy atom. The van der Waals surface area contributed by atoms with E-state index in [1.165, 1.54) is 5.57 Å². The monoisotopic (exact) mass is 266 g/mol. The number of hydrogen-bond donors (Lipinski definition) is 0. The van der Waals surface area contributed by atoms with Crippen LogP contribution in [0.1, 0.15) is 26.7 Å². The van der Waals surface area contributed by atoms with E-state index in [1.54, 1.807) is 6.08 Å². The predicted molar refractivity (Wildman–Crippen MR) is 74.2 cm³/mol. The molecular formula is C14H19Br. The normalized spacial score (nSPS) is 14.9. The molecule has 0 atom stereocenters. The van der Waals surface area contributed by atoms with Crippen LogP contribution in [0.3, 0.4) is 0 Å². The maximum absolute atomic E-state index is 4.01. The third-order valence-corrected chi connectivity index (χ3v) is 2.68. The van der Waals surface area contributed by atoms with Gasteiger partial charge in [0.2, 0.25) is 0 Å². The molecule has 0 amide bonds. The van der Waals surface area contributed by atoms with E-state index in [4.69, 9.17) is 0 Å². The summed E-state index contributed by atoms with van der Waals surface area (Å²) in [4.78, 5) is 0. The molecule has 0 N–H and O–H groups in total. The molecule has 0 nitrogen and oxygen atoms in total. The molecule has 0 unspecified atom stereocenters. The van der Waals surface area contributed by atoms with Gasteiger partial charge < -0.3 is 0 Å². The lowest BCUT2D eigenvalue weighted by atomic mass is 9.98. The minimum atomic E-state index is 1.07. The molecule has 0 spiro atoms. The second-order valence-electron chi connectivity index (χ2n) is 2.89. The topological polar surface area (TPSA) is 0 Å². The van der Waals surface area contributed by atoms with Gasteiger partial charge in [-0.3, -0.25) is 0 Å². The Bertz CT molecular complexity index is 303. The Morgan fingerprint density at radius 2 is 2.13 bits per heavy atom. The average molecular weight is 267 g/mol. The lowest BCUT2D eigenvalue weighted by molar-refractivity contribution is 0.976. The van der Waals surface area contributed by atoms with Crippen molar-refractivity contribution in [1.29, 1.82) is 0 Å². The van der Waals surface area contributed by atoms with Crippen molar-refractivity contribution in [1.82, 2.24) is 0 Å². The summed E-state index contributed by atoms with van der Waals surface area (Å²) >= 11 is 3.52. The van der Waals surface area contributed by atoms with Gasteiger partial charge in [0.25, 0.3) is 0 Å². The molecule has 82 valence electrons. The predicted octanol–water partition coefficient (Wildman–Crippen LogP) is 5.31. The van der Waals surface area contributed by atoms with E-state index in [9.17, 15) is 0 Å². The SMILES string of the molecule is C=C/C=C\C(=C)C1=C(Br)C=CCC1.CC. The molecule has 1 rings (SSSR count). The zero-order valence-electron chi connectivity index (χ0n) is 9.59. The van der Waals surface area contributed by atoms with E-state index in [-0.39, 0.29) is 0 Å². The van der Waals surface area contributed by atoms with Gasteiger partial charge in [0.15, 0.2) is 0 Å². The van der Waals surface area contributed by atoms with Crippen molar-refractivity contribution in [3.8, 4) is 0 Å². The lowest BCUT2D eigenvalue weighted by Crippen LogP contribution is -1.91. The summed E-state index contributed by atoms with van der Waals surface area (Å²) in [5, 5.41) is 0. The van der Waals surface area contributed by atoms with Gasteiger partial charge in [0, 0.05) is 4.48 Å². The summed E-state index contributed by atoms with van der Waals surface area (Å²) in [6, 6.07) is 0. The van der Waals surface area contributed by atoms with Crippen LogP contribution in [0.2, 0.25) is 0 Å². The fourth-order valence-electron chi connectivity index (χ4n) is 1.23. The zero-order valence-corrected chi connectivity index (χ0v) is 11.2. The Hall–Kier alpha value is -0.820. The van der Waals surface area contributed by atoms with Crippen LogP contribution in [0, 0.1) is 0 Å². The van der Waals surface area contributed by atoms with Gasteiger partial charge in [0.1, 0.15) is 0 Å². The van der Waals surface area contributed by atoms with E-state index in [1.807, 2.05) is 26.0 Å². The standard InChI is InChI=1S/C12H13Br.C2H6/c1-3-4-7-10(2)11-8-5-6-9-12(11)13;1-2/h3-4,6-7,9H,1-2,5,8H2;1-2H3/b7-4-;. The minimum Gasteiger partial charge on any atom is -0.0991 e. The smallest absolute Gasteiger partial charge is 0.0209 e. The van der Waals surface area contributed by atoms with E-state index >= 15 is 0 Å². The summed E-state index contributed by atoms with van der Waals surface area (Å²) in [6.45, 7) is 11.6. The lowest BCUT2D eigenvalue weighted by Gasteiger charge is -2.11. The number of rotatable bonds is 3. The summed E-state index contributed by atoms with van der Waals surface area (Å²) < 4.78 is 1.15. The molecular weight excluding hydrogens is 248 g/mol. The second-order valence-corrected chi connectivity index (χ2v) is 3.74. The van der Waals surface area contributed by atoms with Gasteiger partial charge >= 0.3 is 0 Å². The highest BCUT2D eigenvalue weighted by Crippen LogP contribution is 2.28. The highest BCUT2D eigenvalue weighted by atomic mass is 79.9. The average Bonchev–Trinajstić information content (AvgIpc) is 2.29. The fraction of sp³-hybridized carbons (Fsp3) is 0.286. The summed E-state index contributed by atoms with van der Waals surface area (Å²) in [6.07, 6.45) is 12.1. The van der Waals surface area contributed by atoms with Crippen molar-refractivity contribution in [2.24, 2.45) is 0 Å². The minimum absolute atomic E-state index is 1.07. The first-order valence-corrected chi connectivity index (χ1v) is 6.08. The van der Waals surface area contributed by atoms with Gasteiger partial charge in [-0.2, -0.15) is 0 Å². The number of hydrogen-bond acceptors (Lipinski definition) is 0. The third kappa shape index (κ3) is 4.98. The first-order chi connectivity index (χ1) is 7.25. The molecule has 1 aliphatic rings. The van der Waals surface area contributed by atoms with E-state index in [2.05, 4.69) is 41.2 Å². The molecule has 1 aliphatic carbocycles. The van der Waals surface area contributed by atoms with Crippen LogP contribution in [-0.2, 0) is 0 Å². The molecule has 0 saturated heterocycles. The van der Waals surface area contributed by atoms with Gasteiger partial charge in [-0.15, -0.1) is 0 Å². The van der Waals surface area contributed by atoms with Crippen LogP contribution in [0.15, 0.2) is 59.2 Å². The highest BCUT2D eigenvalue weighted by molar-refractivity contribution is 9.11. The van der Waals surface area contributed by atoms with E-state index in [0.717, 1.165) is 22.9 Å². The molecule has 0 fully saturated rings. The first kappa shape index (κ1) is 14.2. The highest BCUT2D eigenvalue weighted by Gasteiger charge is 2.06. The number of allylic oxidation sites excluding steroid dienone is 8. The van der Waals surface area contributed by atoms with Crippen LogP contribution in [0.25, 0.3) is 0 Å². The van der Waals surface area contributed by atoms with Crippen molar-refractivity contribution in [2.45, 2.75) is 26.7 Å². The second kappa shape index (κ2) is 8.49. The Balaban J connectivity index is 0.000000921. The van der Waals surface area contributed by atoms with Crippen LogP contribution in [0.4, 0.5) is 0 Å². The van der Waals surface area contributed by atoms with Gasteiger partial charge in [-0.05, 0) is 24.0 Å². The van der Waals surface area contributed by atoms with Crippen molar-refractivity contribution in [3.63, 3.8) is 0 Å². The molecule has 0 heterocycles. The van der Waals surface area contributed by atoms with Crippen molar-refractivity contribution >= 4 is 15.9 Å². The van der Waals surface area contributed by atoms with Crippen molar-refractivity contribution < 1.29 is 0 Å². The maximum atomic E-state index is 4.01. The quantitative estimate of drug-likeness (QED) is 0.608. The number of halogens is 1. The Labute approximate surface area is 102 Å². The van der Waals surface area contributed by atoms with Gasteiger partial charge in [-0.1, -0.05) is 73.3 Å². The Kier molecular flexibility index (Phi) is 8.02. The molecule has 0 aromatic carbocycles. The molecule has 0 radical (unpaired) electrons. The summed E-state index contributed by atoms with van der Waals surface area (Å²) in [5.74, 6) is 0. The largest absolute Gasteiger partial charge is 0.0991 e. The molecule has 0 saturated carbocycles. The molecule has 15 heavy (non-hydrogen) atoms. The zero-order chi connectivity index (χ0) is 11.7. The fourth-order valence-corrected chi connectivity index (χ4v) is 1.87. The maximum Gasteiger partial charge on any atom is 0.0209 e. The molecule has 0 bridgehead atoms. The van der Waals surface area contributed by atoms with Gasteiger partial charge in [-0.25, -0.2) is 0 Å². The summed E-state index contributed by atoms with van der Waals surface area (Å²) in [5.41, 5.74) is 2.36. The van der Waals surface area contributed by atoms with Gasteiger partial charge in [0.05, 0.1) is 0 Å². The van der Waals surface area contributed by atoms with Crippen LogP contribution in [0.5, 0.6) is 0 Å².